The van der Waals surface area contributed by atoms with Crippen LogP contribution in [0.1, 0.15) is 0 Å². The molecule has 1 aromatic rings. The van der Waals surface area contributed by atoms with Crippen LogP contribution in [0.3, 0.4) is 0 Å². The molecule has 1 rings (SSSR count). The molecule has 0 amide bonds. The molecule has 3 atom stereocenters. The molecule has 110 valence electrons. The van der Waals surface area contributed by atoms with Crippen LogP contribution in [-0.4, -0.2) is 61.5 Å². The number of aliphatic hydroxyl groups excluding tert-OH is 4. The van der Waals surface area contributed by atoms with Gasteiger partial charge in [0.15, 0.2) is 0 Å². The lowest BCUT2D eigenvalue weighted by Gasteiger charge is -2.17. The van der Waals surface area contributed by atoms with Crippen LogP contribution in [0.15, 0.2) is 23.4 Å². The van der Waals surface area contributed by atoms with Gasteiger partial charge in [-0.1, -0.05) is 0 Å². The van der Waals surface area contributed by atoms with E-state index in [-0.39, 0.29) is 11.5 Å². The van der Waals surface area contributed by atoms with Gasteiger partial charge >= 0.3 is 0 Å². The number of hydrazone groups is 1. The smallest absolute Gasteiger partial charge is 0.287 e. The molecule has 0 bridgehead atoms. The van der Waals surface area contributed by atoms with E-state index in [2.05, 4.69) is 15.5 Å². The third kappa shape index (κ3) is 4.51. The average Bonchev–Trinajstić information content (AvgIpc) is 2.45. The summed E-state index contributed by atoms with van der Waals surface area (Å²) in [5, 5.41) is 50.3. The third-order valence-corrected chi connectivity index (χ3v) is 2.30. The fourth-order valence-corrected chi connectivity index (χ4v) is 1.16. The number of nitro groups is 1. The number of nitrogens with one attached hydrogen (secondary N) is 1. The van der Waals surface area contributed by atoms with Gasteiger partial charge in [-0.25, -0.2) is 4.98 Å². The standard InChI is InChI=1S/C10H14N4O6/c15-5-8(17)10(18)7(16)4-12-13-9-2-1-6(3-11-9)14(19)20/h1-4,7-8,10,15-18H,5H2,(H,11,13)/b12-4+/t7-,8+,10-/m0/s1. The fourth-order valence-electron chi connectivity index (χ4n) is 1.16. The molecule has 0 aromatic carbocycles. The number of aromatic nitrogens is 1. The highest BCUT2D eigenvalue weighted by Gasteiger charge is 2.22. The first kappa shape index (κ1) is 15.9. The maximum Gasteiger partial charge on any atom is 0.287 e. The Labute approximate surface area is 113 Å². The van der Waals surface area contributed by atoms with Crippen molar-refractivity contribution in [1.29, 1.82) is 0 Å². The molecule has 1 heterocycles. The zero-order valence-electron chi connectivity index (χ0n) is 10.2. The molecule has 0 fully saturated rings. The number of hydrogen-bond acceptors (Lipinski definition) is 9. The molecule has 1 aromatic heterocycles. The molecule has 5 N–H and O–H groups in total. The number of pyridine rings is 1. The van der Waals surface area contributed by atoms with Crippen LogP contribution in [0, 0.1) is 10.1 Å². The molecular weight excluding hydrogens is 272 g/mol. The van der Waals surface area contributed by atoms with Crippen LogP contribution in [-0.2, 0) is 0 Å². The van der Waals surface area contributed by atoms with E-state index in [1.807, 2.05) is 0 Å². The quantitative estimate of drug-likeness (QED) is 0.229. The Morgan fingerprint density at radius 3 is 2.65 bits per heavy atom. The van der Waals surface area contributed by atoms with Crippen LogP contribution >= 0.6 is 0 Å². The molecule has 0 aliphatic rings. The monoisotopic (exact) mass is 286 g/mol. The Balaban J connectivity index is 2.53. The predicted octanol–water partition coefficient (Wildman–Crippen LogP) is -1.54. The summed E-state index contributed by atoms with van der Waals surface area (Å²) in [6, 6.07) is 2.52. The Hall–Kier alpha value is -2.14. The van der Waals surface area contributed by atoms with Crippen LogP contribution in [0.5, 0.6) is 0 Å². The highest BCUT2D eigenvalue weighted by molar-refractivity contribution is 5.64. The average molecular weight is 286 g/mol. The molecular formula is C10H14N4O6. The summed E-state index contributed by atoms with van der Waals surface area (Å²) < 4.78 is 0. The molecule has 20 heavy (non-hydrogen) atoms. The van der Waals surface area contributed by atoms with E-state index in [1.54, 1.807) is 0 Å². The number of hydrogen-bond donors (Lipinski definition) is 5. The second-order valence-corrected chi connectivity index (χ2v) is 3.78. The maximum atomic E-state index is 10.4. The fraction of sp³-hybridized carbons (Fsp3) is 0.400. The van der Waals surface area contributed by atoms with Gasteiger partial charge in [-0.2, -0.15) is 5.10 Å². The first-order valence-electron chi connectivity index (χ1n) is 5.50. The highest BCUT2D eigenvalue weighted by Crippen LogP contribution is 2.11. The summed E-state index contributed by atoms with van der Waals surface area (Å²) in [7, 11) is 0. The zero-order chi connectivity index (χ0) is 15.1. The number of aliphatic hydroxyl groups is 4. The van der Waals surface area contributed by atoms with Gasteiger partial charge in [-0.15, -0.1) is 0 Å². The molecule has 0 aliphatic carbocycles. The molecule has 0 saturated carbocycles. The Morgan fingerprint density at radius 1 is 1.45 bits per heavy atom. The van der Waals surface area contributed by atoms with Crippen molar-refractivity contribution in [2.24, 2.45) is 5.10 Å². The van der Waals surface area contributed by atoms with Crippen molar-refractivity contribution < 1.29 is 25.3 Å². The van der Waals surface area contributed by atoms with Crippen LogP contribution < -0.4 is 5.43 Å². The predicted molar refractivity (Wildman–Crippen MR) is 68.1 cm³/mol. The minimum Gasteiger partial charge on any atom is -0.394 e. The van der Waals surface area contributed by atoms with E-state index in [4.69, 9.17) is 10.2 Å². The number of anilines is 1. The summed E-state index contributed by atoms with van der Waals surface area (Å²) in [6.07, 6.45) is -2.65. The van der Waals surface area contributed by atoms with Gasteiger partial charge in [0, 0.05) is 6.07 Å². The Morgan fingerprint density at radius 2 is 2.15 bits per heavy atom. The first-order chi connectivity index (χ1) is 9.45. The zero-order valence-corrected chi connectivity index (χ0v) is 10.2. The van der Waals surface area contributed by atoms with Crippen molar-refractivity contribution in [2.75, 3.05) is 12.0 Å². The molecule has 10 nitrogen and oxygen atoms in total. The summed E-state index contributed by atoms with van der Waals surface area (Å²) in [5.41, 5.74) is 2.19. The van der Waals surface area contributed by atoms with E-state index in [0.29, 0.717) is 0 Å². The van der Waals surface area contributed by atoms with Crippen molar-refractivity contribution in [2.45, 2.75) is 18.3 Å². The maximum absolute atomic E-state index is 10.4. The second kappa shape index (κ2) is 7.45. The van der Waals surface area contributed by atoms with Crippen molar-refractivity contribution in [3.05, 3.63) is 28.4 Å². The lowest BCUT2D eigenvalue weighted by Crippen LogP contribution is -2.40. The van der Waals surface area contributed by atoms with E-state index in [1.165, 1.54) is 12.1 Å². The number of rotatable bonds is 7. The normalized spacial score (nSPS) is 15.8. The minimum absolute atomic E-state index is 0.180. The lowest BCUT2D eigenvalue weighted by molar-refractivity contribution is -0.385. The van der Waals surface area contributed by atoms with Crippen molar-refractivity contribution in [3.63, 3.8) is 0 Å². The topological polar surface area (TPSA) is 161 Å². The highest BCUT2D eigenvalue weighted by atomic mass is 16.6. The van der Waals surface area contributed by atoms with Crippen LogP contribution in [0.2, 0.25) is 0 Å². The summed E-state index contributed by atoms with van der Waals surface area (Å²) >= 11 is 0. The van der Waals surface area contributed by atoms with Crippen molar-refractivity contribution in [3.8, 4) is 0 Å². The first-order valence-corrected chi connectivity index (χ1v) is 5.50. The number of nitrogens with zero attached hydrogens (tertiary/aromatic N) is 3. The largest absolute Gasteiger partial charge is 0.394 e. The van der Waals surface area contributed by atoms with E-state index in [0.717, 1.165) is 12.4 Å². The van der Waals surface area contributed by atoms with Crippen LogP contribution in [0.25, 0.3) is 0 Å². The van der Waals surface area contributed by atoms with Gasteiger partial charge < -0.3 is 20.4 Å². The van der Waals surface area contributed by atoms with E-state index >= 15 is 0 Å². The molecule has 0 unspecified atom stereocenters. The van der Waals surface area contributed by atoms with Crippen LogP contribution in [0.4, 0.5) is 11.5 Å². The van der Waals surface area contributed by atoms with Gasteiger partial charge in [0.05, 0.1) is 17.7 Å². The van der Waals surface area contributed by atoms with Gasteiger partial charge in [0.2, 0.25) is 0 Å². The van der Waals surface area contributed by atoms with Crippen molar-refractivity contribution >= 4 is 17.7 Å². The van der Waals surface area contributed by atoms with Crippen molar-refractivity contribution in [1.82, 2.24) is 4.98 Å². The summed E-state index contributed by atoms with van der Waals surface area (Å²) in [4.78, 5) is 13.5. The van der Waals surface area contributed by atoms with Gasteiger partial charge in [0.25, 0.3) is 5.69 Å². The van der Waals surface area contributed by atoms with Gasteiger partial charge in [0.1, 0.15) is 30.3 Å². The van der Waals surface area contributed by atoms with Gasteiger partial charge in [-0.3, -0.25) is 15.5 Å². The molecule has 0 saturated heterocycles. The summed E-state index contributed by atoms with van der Waals surface area (Å²) in [6.45, 7) is -0.705. The summed E-state index contributed by atoms with van der Waals surface area (Å²) in [5.74, 6) is 0.191. The van der Waals surface area contributed by atoms with E-state index < -0.39 is 29.8 Å². The molecule has 0 aliphatic heterocycles. The van der Waals surface area contributed by atoms with Gasteiger partial charge in [-0.05, 0) is 6.07 Å². The Bertz CT molecular complexity index is 465. The third-order valence-electron chi connectivity index (χ3n) is 2.30. The molecule has 0 spiro atoms. The lowest BCUT2D eigenvalue weighted by atomic mass is 10.1. The minimum atomic E-state index is -1.59. The second-order valence-electron chi connectivity index (χ2n) is 3.78. The van der Waals surface area contributed by atoms with E-state index in [9.17, 15) is 20.3 Å². The molecule has 10 heteroatoms. The Kier molecular flexibility index (Phi) is 5.93. The molecule has 0 radical (unpaired) electrons. The SMILES string of the molecule is O=[N+]([O-])c1ccc(N/N=C/[C@H](O)[C@H](O)[C@H](O)CO)nc1.